The van der Waals surface area contributed by atoms with E-state index in [1.54, 1.807) is 24.3 Å². The Morgan fingerprint density at radius 1 is 1.30 bits per heavy atom. The molecule has 2 heterocycles. The molecule has 2 aliphatic heterocycles. The molecule has 1 aromatic rings. The van der Waals surface area contributed by atoms with E-state index in [9.17, 15) is 13.2 Å². The van der Waals surface area contributed by atoms with Crippen LogP contribution in [0.15, 0.2) is 24.3 Å². The van der Waals surface area contributed by atoms with Crippen LogP contribution in [-0.4, -0.2) is 39.7 Å². The maximum atomic E-state index is 12.0. The van der Waals surface area contributed by atoms with Crippen LogP contribution in [0.4, 0.5) is 11.4 Å². The Balaban J connectivity index is 1.54. The van der Waals surface area contributed by atoms with Gasteiger partial charge in [0, 0.05) is 18.7 Å². The minimum atomic E-state index is -3.15. The van der Waals surface area contributed by atoms with Gasteiger partial charge in [0.15, 0.2) is 0 Å². The number of anilines is 2. The first-order valence-electron chi connectivity index (χ1n) is 8.16. The second kappa shape index (κ2) is 6.88. The summed E-state index contributed by atoms with van der Waals surface area (Å²) in [6, 6.07) is 7.02. The van der Waals surface area contributed by atoms with E-state index in [0.717, 1.165) is 25.9 Å². The maximum absolute atomic E-state index is 12.0. The first-order valence-corrected chi connectivity index (χ1v) is 9.76. The van der Waals surface area contributed by atoms with E-state index in [4.69, 9.17) is 0 Å². The Labute approximate surface area is 137 Å². The number of carbonyl (C=O) groups excluding carboxylic acids is 1. The molecule has 0 aliphatic carbocycles. The van der Waals surface area contributed by atoms with Crippen LogP contribution in [0.2, 0.25) is 0 Å². The third kappa shape index (κ3) is 4.03. The average Bonchev–Trinajstić information content (AvgIpc) is 3.15. The summed E-state index contributed by atoms with van der Waals surface area (Å²) >= 11 is 0. The van der Waals surface area contributed by atoms with Crippen LogP contribution in [-0.2, 0) is 14.8 Å². The smallest absolute Gasteiger partial charge is 0.235 e. The molecule has 0 spiro atoms. The molecule has 0 aromatic heterocycles. The summed E-state index contributed by atoms with van der Waals surface area (Å²) in [5, 5.41) is 6.18. The molecule has 0 radical (unpaired) electrons. The summed E-state index contributed by atoms with van der Waals surface area (Å²) < 4.78 is 25.2. The Morgan fingerprint density at radius 3 is 2.70 bits per heavy atom. The predicted octanol–water partition coefficient (Wildman–Crippen LogP) is 1.55. The standard InChI is InChI=1S/C16H23N3O3S/c20-16(7-2-13-8-9-17-12-13)18-14-3-5-15(6-4-14)19-10-1-11-23(19,21)22/h3-6,13,17H,1-2,7-12H2,(H,18,20). The van der Waals surface area contributed by atoms with Crippen LogP contribution in [0.25, 0.3) is 0 Å². The fourth-order valence-electron chi connectivity index (χ4n) is 3.16. The van der Waals surface area contributed by atoms with Gasteiger partial charge in [-0.15, -0.1) is 0 Å². The van der Waals surface area contributed by atoms with Crippen molar-refractivity contribution in [3.8, 4) is 0 Å². The van der Waals surface area contributed by atoms with Crippen molar-refractivity contribution in [1.82, 2.24) is 5.32 Å². The highest BCUT2D eigenvalue weighted by Gasteiger charge is 2.28. The number of nitrogens with zero attached hydrogens (tertiary/aromatic N) is 1. The normalized spacial score (nSPS) is 23.1. The van der Waals surface area contributed by atoms with E-state index in [1.165, 1.54) is 4.31 Å². The van der Waals surface area contributed by atoms with Gasteiger partial charge in [-0.2, -0.15) is 0 Å². The zero-order valence-electron chi connectivity index (χ0n) is 13.1. The minimum absolute atomic E-state index is 0.0124. The molecule has 126 valence electrons. The summed E-state index contributed by atoms with van der Waals surface area (Å²) in [5.41, 5.74) is 1.37. The van der Waals surface area contributed by atoms with Crippen molar-refractivity contribution in [2.75, 3.05) is 35.0 Å². The van der Waals surface area contributed by atoms with Crippen LogP contribution in [0.1, 0.15) is 25.7 Å². The van der Waals surface area contributed by atoms with Crippen LogP contribution in [0.3, 0.4) is 0 Å². The highest BCUT2D eigenvalue weighted by Crippen LogP contribution is 2.25. The van der Waals surface area contributed by atoms with Crippen LogP contribution < -0.4 is 14.9 Å². The van der Waals surface area contributed by atoms with E-state index in [0.29, 0.717) is 36.7 Å². The molecule has 2 fully saturated rings. The van der Waals surface area contributed by atoms with Gasteiger partial charge in [0.1, 0.15) is 0 Å². The zero-order valence-corrected chi connectivity index (χ0v) is 13.9. The Morgan fingerprint density at radius 2 is 2.09 bits per heavy atom. The quantitative estimate of drug-likeness (QED) is 0.854. The van der Waals surface area contributed by atoms with Crippen molar-refractivity contribution in [3.05, 3.63) is 24.3 Å². The van der Waals surface area contributed by atoms with Crippen LogP contribution >= 0.6 is 0 Å². The van der Waals surface area contributed by atoms with Gasteiger partial charge in [-0.05, 0) is 62.5 Å². The number of nitrogens with one attached hydrogen (secondary N) is 2. The molecule has 1 amide bonds. The number of hydrogen-bond acceptors (Lipinski definition) is 4. The number of rotatable bonds is 5. The SMILES string of the molecule is O=C(CCC1CCNC1)Nc1ccc(N2CCCS2(=O)=O)cc1. The first kappa shape index (κ1) is 16.3. The Kier molecular flexibility index (Phi) is 4.87. The molecule has 2 N–H and O–H groups in total. The summed E-state index contributed by atoms with van der Waals surface area (Å²) in [6.45, 7) is 2.59. The summed E-state index contributed by atoms with van der Waals surface area (Å²) in [6.07, 6.45) is 3.24. The van der Waals surface area contributed by atoms with Gasteiger partial charge in [-0.25, -0.2) is 8.42 Å². The topological polar surface area (TPSA) is 78.5 Å². The molecule has 6 nitrogen and oxygen atoms in total. The number of benzene rings is 1. The van der Waals surface area contributed by atoms with E-state index in [-0.39, 0.29) is 11.7 Å². The number of amides is 1. The van der Waals surface area contributed by atoms with Crippen molar-refractivity contribution in [2.24, 2.45) is 5.92 Å². The van der Waals surface area contributed by atoms with E-state index < -0.39 is 10.0 Å². The molecule has 0 saturated carbocycles. The van der Waals surface area contributed by atoms with Gasteiger partial charge in [-0.3, -0.25) is 9.10 Å². The lowest BCUT2D eigenvalue weighted by atomic mass is 10.0. The van der Waals surface area contributed by atoms with Crippen molar-refractivity contribution in [3.63, 3.8) is 0 Å². The largest absolute Gasteiger partial charge is 0.326 e. The predicted molar refractivity (Wildman–Crippen MR) is 91.0 cm³/mol. The number of hydrogen-bond donors (Lipinski definition) is 2. The molecule has 3 rings (SSSR count). The van der Waals surface area contributed by atoms with Crippen LogP contribution in [0.5, 0.6) is 0 Å². The minimum Gasteiger partial charge on any atom is -0.326 e. The van der Waals surface area contributed by atoms with Crippen molar-refractivity contribution in [1.29, 1.82) is 0 Å². The Hall–Kier alpha value is -1.60. The molecule has 1 aromatic carbocycles. The molecular formula is C16H23N3O3S. The van der Waals surface area contributed by atoms with E-state index in [2.05, 4.69) is 10.6 Å². The monoisotopic (exact) mass is 337 g/mol. The lowest BCUT2D eigenvalue weighted by Gasteiger charge is -2.17. The summed E-state index contributed by atoms with van der Waals surface area (Å²) in [5.74, 6) is 0.823. The van der Waals surface area contributed by atoms with Gasteiger partial charge < -0.3 is 10.6 Å². The molecule has 1 unspecified atom stereocenters. The molecular weight excluding hydrogens is 314 g/mol. The number of sulfonamides is 1. The third-order valence-electron chi connectivity index (χ3n) is 4.48. The van der Waals surface area contributed by atoms with Crippen molar-refractivity contribution >= 4 is 27.3 Å². The van der Waals surface area contributed by atoms with E-state index >= 15 is 0 Å². The molecule has 2 saturated heterocycles. The van der Waals surface area contributed by atoms with Crippen molar-refractivity contribution in [2.45, 2.75) is 25.7 Å². The highest BCUT2D eigenvalue weighted by molar-refractivity contribution is 7.93. The molecule has 23 heavy (non-hydrogen) atoms. The van der Waals surface area contributed by atoms with Gasteiger partial charge in [0.2, 0.25) is 15.9 Å². The van der Waals surface area contributed by atoms with Gasteiger partial charge in [-0.1, -0.05) is 0 Å². The first-order chi connectivity index (χ1) is 11.0. The average molecular weight is 337 g/mol. The van der Waals surface area contributed by atoms with E-state index in [1.807, 2.05) is 0 Å². The molecule has 2 aliphatic rings. The fourth-order valence-corrected chi connectivity index (χ4v) is 4.72. The van der Waals surface area contributed by atoms with Gasteiger partial charge >= 0.3 is 0 Å². The second-order valence-corrected chi connectivity index (χ2v) is 8.25. The highest BCUT2D eigenvalue weighted by atomic mass is 32.2. The van der Waals surface area contributed by atoms with Crippen LogP contribution in [0, 0.1) is 5.92 Å². The van der Waals surface area contributed by atoms with Gasteiger partial charge in [0.25, 0.3) is 0 Å². The molecule has 1 atom stereocenters. The lowest BCUT2D eigenvalue weighted by molar-refractivity contribution is -0.116. The lowest BCUT2D eigenvalue weighted by Crippen LogP contribution is -2.25. The molecule has 7 heteroatoms. The maximum Gasteiger partial charge on any atom is 0.235 e. The third-order valence-corrected chi connectivity index (χ3v) is 6.35. The second-order valence-electron chi connectivity index (χ2n) is 6.23. The summed E-state index contributed by atoms with van der Waals surface area (Å²) in [4.78, 5) is 12.0. The Bertz CT molecular complexity index is 652. The zero-order chi connectivity index (χ0) is 16.3. The summed E-state index contributed by atoms with van der Waals surface area (Å²) in [7, 11) is -3.15. The van der Waals surface area contributed by atoms with Gasteiger partial charge in [0.05, 0.1) is 11.4 Å². The fraction of sp³-hybridized carbons (Fsp3) is 0.562. The number of carbonyl (C=O) groups is 1. The van der Waals surface area contributed by atoms with Crippen molar-refractivity contribution < 1.29 is 13.2 Å². The molecule has 0 bridgehead atoms.